The van der Waals surface area contributed by atoms with Crippen molar-refractivity contribution in [3.05, 3.63) is 47.2 Å². The Morgan fingerprint density at radius 1 is 1.25 bits per heavy atom. The largest absolute Gasteiger partial charge is 0.503 e. The molecule has 0 atom stereocenters. The monoisotopic (exact) mass is 225 g/mol. The van der Waals surface area contributed by atoms with Gasteiger partial charge in [0, 0.05) is 19.2 Å². The van der Waals surface area contributed by atoms with Crippen LogP contribution in [-0.4, -0.2) is 22.5 Å². The molecule has 5 heteroatoms. The second kappa shape index (κ2) is 3.92. The number of benzene rings is 1. The molecule has 2 rings (SSSR count). The number of carbonyl (C=O) groups is 1. The molecule has 0 unspecified atom stereocenters. The Hall–Kier alpha value is -1.91. The summed E-state index contributed by atoms with van der Waals surface area (Å²) < 4.78 is 25.7. The van der Waals surface area contributed by atoms with Crippen molar-refractivity contribution < 1.29 is 18.7 Å². The van der Waals surface area contributed by atoms with Crippen molar-refractivity contribution in [2.45, 2.75) is 6.54 Å². The highest BCUT2D eigenvalue weighted by atomic mass is 19.1. The van der Waals surface area contributed by atoms with Gasteiger partial charge in [-0.1, -0.05) is 0 Å². The molecule has 0 aromatic heterocycles. The summed E-state index contributed by atoms with van der Waals surface area (Å²) in [4.78, 5) is 12.6. The number of aliphatic hydroxyl groups is 1. The minimum absolute atomic E-state index is 0.0775. The zero-order chi connectivity index (χ0) is 11.7. The zero-order valence-electron chi connectivity index (χ0n) is 8.28. The number of carbonyl (C=O) groups excluding carboxylic acids is 1. The molecule has 0 fully saturated rings. The first-order chi connectivity index (χ1) is 7.56. The van der Waals surface area contributed by atoms with Crippen LogP contribution in [0.15, 0.2) is 30.0 Å². The van der Waals surface area contributed by atoms with Crippen LogP contribution in [-0.2, 0) is 11.3 Å². The van der Waals surface area contributed by atoms with Crippen molar-refractivity contribution in [2.75, 3.05) is 6.54 Å². The lowest BCUT2D eigenvalue weighted by atomic mass is 10.2. The summed E-state index contributed by atoms with van der Waals surface area (Å²) in [6.45, 7) is 0.330. The standard InChI is InChI=1S/C11H9F2NO2/c12-8-3-7(4-9(13)5-8)6-14-2-1-10(15)11(14)16/h1,3-5,15H,2,6H2. The van der Waals surface area contributed by atoms with E-state index in [2.05, 4.69) is 0 Å². The third kappa shape index (κ3) is 2.03. The Kier molecular flexibility index (Phi) is 2.60. The summed E-state index contributed by atoms with van der Waals surface area (Å²) in [5, 5.41) is 9.08. The first kappa shape index (κ1) is 10.6. The van der Waals surface area contributed by atoms with Crippen LogP contribution >= 0.6 is 0 Å². The summed E-state index contributed by atoms with van der Waals surface area (Å²) in [5.41, 5.74) is 0.356. The summed E-state index contributed by atoms with van der Waals surface area (Å²) in [6.07, 6.45) is 1.36. The fraction of sp³-hybridized carbons (Fsp3) is 0.182. The Balaban J connectivity index is 2.13. The van der Waals surface area contributed by atoms with Crippen LogP contribution in [0.3, 0.4) is 0 Å². The van der Waals surface area contributed by atoms with E-state index in [1.54, 1.807) is 0 Å². The summed E-state index contributed by atoms with van der Waals surface area (Å²) >= 11 is 0. The van der Waals surface area contributed by atoms with Crippen molar-refractivity contribution in [1.29, 1.82) is 0 Å². The van der Waals surface area contributed by atoms with E-state index in [1.165, 1.54) is 11.0 Å². The van der Waals surface area contributed by atoms with E-state index in [1.807, 2.05) is 0 Å². The first-order valence-corrected chi connectivity index (χ1v) is 4.69. The maximum atomic E-state index is 12.9. The molecule has 1 heterocycles. The molecule has 1 amide bonds. The highest BCUT2D eigenvalue weighted by Gasteiger charge is 2.23. The Morgan fingerprint density at radius 3 is 2.38 bits per heavy atom. The molecule has 0 saturated carbocycles. The Labute approximate surface area is 90.6 Å². The van der Waals surface area contributed by atoms with Crippen molar-refractivity contribution in [1.82, 2.24) is 4.90 Å². The summed E-state index contributed by atoms with van der Waals surface area (Å²) in [6, 6.07) is 3.09. The van der Waals surface area contributed by atoms with Crippen LogP contribution in [0, 0.1) is 11.6 Å². The number of halogens is 2. The molecule has 0 spiro atoms. The molecule has 0 aliphatic carbocycles. The van der Waals surface area contributed by atoms with E-state index in [0.717, 1.165) is 18.2 Å². The average Bonchev–Trinajstić information content (AvgIpc) is 2.48. The van der Waals surface area contributed by atoms with Gasteiger partial charge in [0.1, 0.15) is 11.6 Å². The van der Waals surface area contributed by atoms with E-state index in [4.69, 9.17) is 5.11 Å². The van der Waals surface area contributed by atoms with Crippen molar-refractivity contribution in [3.63, 3.8) is 0 Å². The Bertz CT molecular complexity index is 451. The topological polar surface area (TPSA) is 40.5 Å². The molecule has 1 N–H and O–H groups in total. The Morgan fingerprint density at radius 2 is 1.88 bits per heavy atom. The minimum Gasteiger partial charge on any atom is -0.503 e. The normalized spacial score (nSPS) is 15.5. The van der Waals surface area contributed by atoms with Gasteiger partial charge in [-0.05, 0) is 23.8 Å². The van der Waals surface area contributed by atoms with Crippen LogP contribution in [0.2, 0.25) is 0 Å². The molecule has 1 aromatic rings. The van der Waals surface area contributed by atoms with E-state index in [0.29, 0.717) is 5.56 Å². The molecule has 84 valence electrons. The van der Waals surface area contributed by atoms with E-state index in [-0.39, 0.29) is 18.8 Å². The quantitative estimate of drug-likeness (QED) is 0.832. The fourth-order valence-corrected chi connectivity index (χ4v) is 1.59. The minimum atomic E-state index is -0.682. The maximum Gasteiger partial charge on any atom is 0.288 e. The lowest BCUT2D eigenvalue weighted by Gasteiger charge is -2.15. The van der Waals surface area contributed by atoms with Gasteiger partial charge in [0.05, 0.1) is 0 Å². The maximum absolute atomic E-state index is 12.9. The molecule has 1 aliphatic heterocycles. The number of amides is 1. The van der Waals surface area contributed by atoms with Gasteiger partial charge in [-0.2, -0.15) is 0 Å². The van der Waals surface area contributed by atoms with Crippen LogP contribution < -0.4 is 0 Å². The van der Waals surface area contributed by atoms with Crippen molar-refractivity contribution in [2.24, 2.45) is 0 Å². The highest BCUT2D eigenvalue weighted by Crippen LogP contribution is 2.15. The van der Waals surface area contributed by atoms with E-state index >= 15 is 0 Å². The highest BCUT2D eigenvalue weighted by molar-refractivity contribution is 5.93. The van der Waals surface area contributed by atoms with Gasteiger partial charge >= 0.3 is 0 Å². The molecule has 0 bridgehead atoms. The zero-order valence-corrected chi connectivity index (χ0v) is 8.28. The second-order valence-corrected chi connectivity index (χ2v) is 3.55. The van der Waals surface area contributed by atoms with E-state index in [9.17, 15) is 13.6 Å². The third-order valence-electron chi connectivity index (χ3n) is 2.31. The summed E-state index contributed by atoms with van der Waals surface area (Å²) in [7, 11) is 0. The van der Waals surface area contributed by atoms with Crippen LogP contribution in [0.4, 0.5) is 8.78 Å². The van der Waals surface area contributed by atoms with Crippen molar-refractivity contribution >= 4 is 5.91 Å². The van der Waals surface area contributed by atoms with E-state index < -0.39 is 17.5 Å². The first-order valence-electron chi connectivity index (χ1n) is 4.69. The van der Waals surface area contributed by atoms with Gasteiger partial charge in [-0.15, -0.1) is 0 Å². The molecule has 3 nitrogen and oxygen atoms in total. The van der Waals surface area contributed by atoms with Crippen LogP contribution in [0.5, 0.6) is 0 Å². The number of hydrogen-bond acceptors (Lipinski definition) is 2. The molecule has 0 saturated heterocycles. The number of nitrogens with zero attached hydrogens (tertiary/aromatic N) is 1. The van der Waals surface area contributed by atoms with Crippen molar-refractivity contribution in [3.8, 4) is 0 Å². The number of hydrogen-bond donors (Lipinski definition) is 1. The van der Waals surface area contributed by atoms with Gasteiger partial charge in [0.2, 0.25) is 0 Å². The SMILES string of the molecule is O=C1C(O)=CCN1Cc1cc(F)cc(F)c1. The van der Waals surface area contributed by atoms with Crippen LogP contribution in [0.25, 0.3) is 0 Å². The smallest absolute Gasteiger partial charge is 0.288 e. The molecular weight excluding hydrogens is 216 g/mol. The molecular formula is C11H9F2NO2. The predicted molar refractivity (Wildman–Crippen MR) is 52.5 cm³/mol. The van der Waals surface area contributed by atoms with Gasteiger partial charge in [0.25, 0.3) is 5.91 Å². The molecule has 1 aliphatic rings. The predicted octanol–water partition coefficient (Wildman–Crippen LogP) is 1.75. The summed E-state index contributed by atoms with van der Waals surface area (Å²) in [5.74, 6) is -2.21. The molecule has 16 heavy (non-hydrogen) atoms. The fourth-order valence-electron chi connectivity index (χ4n) is 1.59. The second-order valence-electron chi connectivity index (χ2n) is 3.55. The molecule has 1 aromatic carbocycles. The van der Waals surface area contributed by atoms with Gasteiger partial charge in [-0.25, -0.2) is 8.78 Å². The van der Waals surface area contributed by atoms with Gasteiger partial charge < -0.3 is 10.0 Å². The average molecular weight is 225 g/mol. The van der Waals surface area contributed by atoms with Gasteiger partial charge in [-0.3, -0.25) is 4.79 Å². The molecule has 0 radical (unpaired) electrons. The van der Waals surface area contributed by atoms with Crippen LogP contribution in [0.1, 0.15) is 5.56 Å². The van der Waals surface area contributed by atoms with Gasteiger partial charge in [0.15, 0.2) is 5.76 Å². The lowest BCUT2D eigenvalue weighted by molar-refractivity contribution is -0.128. The number of aliphatic hydroxyl groups excluding tert-OH is 1. The third-order valence-corrected chi connectivity index (χ3v) is 2.31. The number of rotatable bonds is 2. The lowest BCUT2D eigenvalue weighted by Crippen LogP contribution is -2.26.